The van der Waals surface area contributed by atoms with Gasteiger partial charge in [0.2, 0.25) is 0 Å². The second-order valence-corrected chi connectivity index (χ2v) is 12.3. The maximum atomic E-state index is 11.6. The molecule has 21 nitrogen and oxygen atoms in total. The third-order valence-corrected chi connectivity index (χ3v) is 7.99. The molecule has 256 valence electrons. The maximum absolute atomic E-state index is 11.6. The fraction of sp³-hybridized carbons (Fsp3) is 0.905. The van der Waals surface area contributed by atoms with Crippen molar-refractivity contribution in [3.8, 4) is 0 Å². The Hall–Kier alpha value is -1.52. The number of carbonyl (C=O) groups is 2. The standard InChI is InChI=1S/C21H34O21S2/c1-7-13(25)17(35-2)10(5-36-43(29,30)31)40-20(7)41-18-8(3-12(23)24)39-21(16(28)15(18)27)42-19-11(6-37-44(32,33)34)38-9(4-22)14(19)26/h4,7-11,13-21,25-28H,3,5-6H2,1-2H3,(H,23,24)(H,29,30,31)(H,32,33,34)/t7?,8?,9-,10?,11+,13+,14?,15+,16?,17+,18+,19-,20-,21-/m0/s1. The van der Waals surface area contributed by atoms with Crippen molar-refractivity contribution >= 4 is 33.1 Å². The van der Waals surface area contributed by atoms with Crippen LogP contribution in [0.3, 0.4) is 0 Å². The Labute approximate surface area is 250 Å². The Morgan fingerprint density at radius 2 is 1.25 bits per heavy atom. The van der Waals surface area contributed by atoms with Crippen molar-refractivity contribution in [3.63, 3.8) is 0 Å². The molecule has 3 fully saturated rings. The van der Waals surface area contributed by atoms with Gasteiger partial charge < -0.3 is 58.7 Å². The van der Waals surface area contributed by atoms with Crippen LogP contribution in [0.4, 0.5) is 0 Å². The van der Waals surface area contributed by atoms with E-state index in [1.165, 1.54) is 14.0 Å². The van der Waals surface area contributed by atoms with E-state index in [0.717, 1.165) is 0 Å². The predicted octanol–water partition coefficient (Wildman–Crippen LogP) is -4.62. The molecule has 14 atom stereocenters. The van der Waals surface area contributed by atoms with Crippen LogP contribution in [0.25, 0.3) is 0 Å². The summed E-state index contributed by atoms with van der Waals surface area (Å²) in [7, 11) is -8.76. The first kappa shape index (κ1) is 36.9. The van der Waals surface area contributed by atoms with E-state index in [1.54, 1.807) is 0 Å². The molecule has 3 rings (SSSR count). The number of carboxylic acids is 1. The van der Waals surface area contributed by atoms with Gasteiger partial charge in [-0.1, -0.05) is 6.92 Å². The van der Waals surface area contributed by atoms with E-state index in [2.05, 4.69) is 8.37 Å². The van der Waals surface area contributed by atoms with Gasteiger partial charge >= 0.3 is 26.8 Å². The van der Waals surface area contributed by atoms with Crippen LogP contribution in [-0.4, -0.2) is 164 Å². The molecule has 0 aromatic carbocycles. The Balaban J connectivity index is 1.81. The first-order valence-electron chi connectivity index (χ1n) is 12.8. The highest BCUT2D eigenvalue weighted by molar-refractivity contribution is 7.81. The number of ether oxygens (including phenoxy) is 6. The molecule has 0 radical (unpaired) electrons. The van der Waals surface area contributed by atoms with Gasteiger partial charge in [0.1, 0.15) is 61.0 Å². The SMILES string of the molecule is CO[C@@H]1C(COS(=O)(=O)O)O[C@@H](O[C@@H]2C(CC(=O)O)O[C@@H](O[C@@H]3C(O)[C@H](C=O)O[C@@H]3COS(=O)(=O)O)C(O)[C@H]2O)C(C)[C@H]1O. The Kier molecular flexibility index (Phi) is 12.5. The number of hydrogen-bond donors (Lipinski definition) is 7. The van der Waals surface area contributed by atoms with E-state index < -0.39 is 132 Å². The molecule has 5 unspecified atom stereocenters. The van der Waals surface area contributed by atoms with Crippen molar-refractivity contribution in [1.29, 1.82) is 0 Å². The van der Waals surface area contributed by atoms with Crippen LogP contribution in [0, 0.1) is 5.92 Å². The van der Waals surface area contributed by atoms with Crippen molar-refractivity contribution < 1.29 is 97.9 Å². The molecule has 3 heterocycles. The fourth-order valence-corrected chi connectivity index (χ4v) is 5.57. The van der Waals surface area contributed by atoms with E-state index in [0.29, 0.717) is 0 Å². The number of aliphatic carboxylic acids is 1. The van der Waals surface area contributed by atoms with Gasteiger partial charge in [0, 0.05) is 13.0 Å². The third kappa shape index (κ3) is 9.27. The van der Waals surface area contributed by atoms with Crippen molar-refractivity contribution in [2.75, 3.05) is 20.3 Å². The number of rotatable bonds is 14. The second kappa shape index (κ2) is 14.9. The molecule has 0 aromatic heterocycles. The Bertz CT molecular complexity index is 1200. The zero-order valence-electron chi connectivity index (χ0n) is 22.9. The number of methoxy groups -OCH3 is 1. The molecule has 0 spiro atoms. The van der Waals surface area contributed by atoms with Crippen molar-refractivity contribution in [2.45, 2.75) is 93.1 Å². The summed E-state index contributed by atoms with van der Waals surface area (Å²) in [4.78, 5) is 22.9. The molecule has 0 saturated carbocycles. The topological polar surface area (TPSA) is 318 Å². The van der Waals surface area contributed by atoms with E-state index in [9.17, 15) is 52.0 Å². The van der Waals surface area contributed by atoms with E-state index in [-0.39, 0.29) is 6.29 Å². The summed E-state index contributed by atoms with van der Waals surface area (Å²) < 4.78 is 103. The monoisotopic (exact) mass is 686 g/mol. The molecule has 0 amide bonds. The van der Waals surface area contributed by atoms with Gasteiger partial charge in [-0.15, -0.1) is 0 Å². The van der Waals surface area contributed by atoms with E-state index in [1.807, 2.05) is 0 Å². The van der Waals surface area contributed by atoms with Gasteiger partial charge in [0.05, 0.1) is 25.7 Å². The molecule has 0 aromatic rings. The lowest BCUT2D eigenvalue weighted by molar-refractivity contribution is -0.357. The summed E-state index contributed by atoms with van der Waals surface area (Å²) in [5, 5.41) is 52.4. The number of carboxylic acid groups (broad SMARTS) is 1. The summed E-state index contributed by atoms with van der Waals surface area (Å²) in [6.45, 7) is -0.409. The average Bonchev–Trinajstić information content (AvgIpc) is 3.22. The van der Waals surface area contributed by atoms with E-state index in [4.69, 9.17) is 37.5 Å². The van der Waals surface area contributed by atoms with Gasteiger partial charge in [-0.2, -0.15) is 16.8 Å². The summed E-state index contributed by atoms with van der Waals surface area (Å²) in [6, 6.07) is 0. The second-order valence-electron chi connectivity index (χ2n) is 10.1. The van der Waals surface area contributed by atoms with Crippen LogP contribution in [0.2, 0.25) is 0 Å². The van der Waals surface area contributed by atoms with Crippen LogP contribution in [0.1, 0.15) is 13.3 Å². The number of aliphatic hydroxyl groups is 4. The Morgan fingerprint density at radius 3 is 1.75 bits per heavy atom. The quantitative estimate of drug-likeness (QED) is 0.0667. The number of aliphatic hydroxyl groups excluding tert-OH is 4. The highest BCUT2D eigenvalue weighted by Gasteiger charge is 2.54. The van der Waals surface area contributed by atoms with Gasteiger partial charge in [0.25, 0.3) is 0 Å². The van der Waals surface area contributed by atoms with E-state index >= 15 is 0 Å². The molecule has 0 bridgehead atoms. The third-order valence-electron chi connectivity index (χ3n) is 7.12. The molecular weight excluding hydrogens is 652 g/mol. The fourth-order valence-electron chi connectivity index (χ4n) is 4.95. The minimum absolute atomic E-state index is 0.154. The maximum Gasteiger partial charge on any atom is 0.397 e. The van der Waals surface area contributed by atoms with Crippen LogP contribution in [0.15, 0.2) is 0 Å². The summed E-state index contributed by atoms with van der Waals surface area (Å²) >= 11 is 0. The predicted molar refractivity (Wildman–Crippen MR) is 133 cm³/mol. The lowest BCUT2D eigenvalue weighted by Crippen LogP contribution is -2.63. The molecule has 44 heavy (non-hydrogen) atoms. The van der Waals surface area contributed by atoms with Gasteiger partial charge in [0.15, 0.2) is 18.9 Å². The summed E-state index contributed by atoms with van der Waals surface area (Å²) in [5.41, 5.74) is 0. The molecule has 7 N–H and O–H groups in total. The number of hydrogen-bond acceptors (Lipinski definition) is 18. The zero-order chi connectivity index (χ0) is 33.1. The highest BCUT2D eigenvalue weighted by Crippen LogP contribution is 2.35. The molecular formula is C21H34O21S2. The van der Waals surface area contributed by atoms with Crippen LogP contribution < -0.4 is 0 Å². The average molecular weight is 687 g/mol. The number of aldehydes is 1. The lowest BCUT2D eigenvalue weighted by Gasteiger charge is -2.47. The van der Waals surface area contributed by atoms with Crippen LogP contribution in [-0.2, 0) is 67.2 Å². The normalized spacial score (nSPS) is 41.8. The van der Waals surface area contributed by atoms with Gasteiger partial charge in [-0.3, -0.25) is 13.9 Å². The first-order valence-corrected chi connectivity index (χ1v) is 15.5. The smallest absolute Gasteiger partial charge is 0.397 e. The van der Waals surface area contributed by atoms with Crippen molar-refractivity contribution in [3.05, 3.63) is 0 Å². The van der Waals surface area contributed by atoms with Crippen LogP contribution >= 0.6 is 0 Å². The number of carbonyl (C=O) groups excluding carboxylic acids is 1. The van der Waals surface area contributed by atoms with Gasteiger partial charge in [-0.05, 0) is 0 Å². The lowest BCUT2D eigenvalue weighted by atomic mass is 9.91. The molecule has 3 saturated heterocycles. The van der Waals surface area contributed by atoms with Crippen molar-refractivity contribution in [1.82, 2.24) is 0 Å². The minimum Gasteiger partial charge on any atom is -0.481 e. The summed E-state index contributed by atoms with van der Waals surface area (Å²) in [6.07, 6.45) is -22.2. The van der Waals surface area contributed by atoms with Crippen molar-refractivity contribution in [2.24, 2.45) is 5.92 Å². The minimum atomic E-state index is -5.00. The molecule has 3 aliphatic heterocycles. The van der Waals surface area contributed by atoms with Crippen LogP contribution in [0.5, 0.6) is 0 Å². The summed E-state index contributed by atoms with van der Waals surface area (Å²) in [5.74, 6) is -2.47. The Morgan fingerprint density at radius 1 is 0.750 bits per heavy atom. The molecule has 23 heteroatoms. The molecule has 3 aliphatic rings. The largest absolute Gasteiger partial charge is 0.481 e. The zero-order valence-corrected chi connectivity index (χ0v) is 24.6. The van der Waals surface area contributed by atoms with Gasteiger partial charge in [-0.25, -0.2) is 8.37 Å². The first-order chi connectivity index (χ1) is 20.4. The molecule has 0 aliphatic carbocycles. The highest BCUT2D eigenvalue weighted by atomic mass is 32.3.